The standard InChI is InChI=1S/C24H45N3O/c1-19(2)9-6-10-20(3)11-7-12-21(4)13-8-14-22(5)15-17-27-18-16-23(25)26-24(27)28/h16,18-22H,6-15,17H2,1-5H3,(H2,25,26,28). The maximum Gasteiger partial charge on any atom is 0.349 e. The van der Waals surface area contributed by atoms with Gasteiger partial charge in [-0.05, 0) is 36.2 Å². The summed E-state index contributed by atoms with van der Waals surface area (Å²) in [5, 5.41) is 0. The van der Waals surface area contributed by atoms with Crippen LogP contribution in [0.4, 0.5) is 5.82 Å². The Hall–Kier alpha value is -1.32. The molecule has 0 saturated heterocycles. The minimum Gasteiger partial charge on any atom is -0.383 e. The number of nitrogens with two attached hydrogens (primary N) is 1. The van der Waals surface area contributed by atoms with Crippen molar-refractivity contribution in [1.82, 2.24) is 9.55 Å². The van der Waals surface area contributed by atoms with Gasteiger partial charge >= 0.3 is 5.69 Å². The smallest absolute Gasteiger partial charge is 0.349 e. The molecule has 3 atom stereocenters. The molecule has 4 nitrogen and oxygen atoms in total. The fraction of sp³-hybridized carbons (Fsp3) is 0.833. The van der Waals surface area contributed by atoms with Gasteiger partial charge in [0.2, 0.25) is 0 Å². The Morgan fingerprint density at radius 1 is 0.821 bits per heavy atom. The lowest BCUT2D eigenvalue weighted by Gasteiger charge is -2.16. The molecule has 0 radical (unpaired) electrons. The molecule has 0 amide bonds. The molecule has 1 rings (SSSR count). The van der Waals surface area contributed by atoms with Gasteiger partial charge in [0.05, 0.1) is 0 Å². The fourth-order valence-electron chi connectivity index (χ4n) is 3.91. The molecule has 0 spiro atoms. The lowest BCUT2D eigenvalue weighted by molar-refractivity contribution is 0.368. The third-order valence-corrected chi connectivity index (χ3v) is 6.02. The van der Waals surface area contributed by atoms with Gasteiger partial charge in [0.15, 0.2) is 0 Å². The van der Waals surface area contributed by atoms with Gasteiger partial charge in [-0.25, -0.2) is 4.79 Å². The van der Waals surface area contributed by atoms with Crippen molar-refractivity contribution in [3.63, 3.8) is 0 Å². The van der Waals surface area contributed by atoms with Gasteiger partial charge in [-0.15, -0.1) is 0 Å². The first-order chi connectivity index (χ1) is 13.3. The Kier molecular flexibility index (Phi) is 12.2. The lowest BCUT2D eigenvalue weighted by atomic mass is 9.91. The first-order valence-electron chi connectivity index (χ1n) is 11.6. The normalized spacial score (nSPS) is 14.9. The van der Waals surface area contributed by atoms with E-state index in [9.17, 15) is 4.79 Å². The van der Waals surface area contributed by atoms with E-state index in [1.165, 1.54) is 57.8 Å². The highest BCUT2D eigenvalue weighted by Crippen LogP contribution is 2.22. The molecule has 3 unspecified atom stereocenters. The molecule has 1 aromatic rings. The lowest BCUT2D eigenvalue weighted by Crippen LogP contribution is -2.23. The van der Waals surface area contributed by atoms with Crippen LogP contribution >= 0.6 is 0 Å². The Morgan fingerprint density at radius 2 is 1.29 bits per heavy atom. The van der Waals surface area contributed by atoms with Crippen molar-refractivity contribution in [2.45, 2.75) is 105 Å². The number of anilines is 1. The molecule has 2 N–H and O–H groups in total. The summed E-state index contributed by atoms with van der Waals surface area (Å²) in [5.74, 6) is 3.50. The Labute approximate surface area is 173 Å². The number of nitrogen functional groups attached to an aromatic ring is 1. The third kappa shape index (κ3) is 11.5. The van der Waals surface area contributed by atoms with Crippen LogP contribution in [0.15, 0.2) is 17.1 Å². The van der Waals surface area contributed by atoms with Crippen molar-refractivity contribution >= 4 is 5.82 Å². The van der Waals surface area contributed by atoms with Crippen LogP contribution in [0.1, 0.15) is 98.8 Å². The molecular formula is C24H45N3O. The van der Waals surface area contributed by atoms with E-state index in [-0.39, 0.29) is 5.69 Å². The van der Waals surface area contributed by atoms with E-state index in [1.807, 2.05) is 0 Å². The minimum atomic E-state index is -0.237. The van der Waals surface area contributed by atoms with Gasteiger partial charge in [0, 0.05) is 12.7 Å². The van der Waals surface area contributed by atoms with Crippen LogP contribution in [0, 0.1) is 23.7 Å². The van der Waals surface area contributed by atoms with Crippen molar-refractivity contribution in [1.29, 1.82) is 0 Å². The predicted molar refractivity (Wildman–Crippen MR) is 121 cm³/mol. The van der Waals surface area contributed by atoms with E-state index in [1.54, 1.807) is 16.8 Å². The number of aryl methyl sites for hydroxylation is 1. The summed E-state index contributed by atoms with van der Waals surface area (Å²) in [6.07, 6.45) is 15.0. The summed E-state index contributed by atoms with van der Waals surface area (Å²) in [6, 6.07) is 1.69. The Morgan fingerprint density at radius 3 is 1.75 bits per heavy atom. The average Bonchev–Trinajstić information content (AvgIpc) is 2.60. The highest BCUT2D eigenvalue weighted by Gasteiger charge is 2.09. The molecule has 28 heavy (non-hydrogen) atoms. The predicted octanol–water partition coefficient (Wildman–Crippen LogP) is 6.29. The molecule has 0 saturated carbocycles. The van der Waals surface area contributed by atoms with Crippen molar-refractivity contribution in [2.24, 2.45) is 23.7 Å². The number of hydrogen-bond acceptors (Lipinski definition) is 3. The minimum absolute atomic E-state index is 0.237. The SMILES string of the molecule is CC(C)CCCC(C)CCCC(C)CCCC(C)CCn1ccc(N)nc1=O. The topological polar surface area (TPSA) is 60.9 Å². The molecular weight excluding hydrogens is 346 g/mol. The summed E-state index contributed by atoms with van der Waals surface area (Å²) >= 11 is 0. The van der Waals surface area contributed by atoms with Crippen molar-refractivity contribution in [3.8, 4) is 0 Å². The molecule has 0 aliphatic carbocycles. The zero-order chi connectivity index (χ0) is 20.9. The maximum absolute atomic E-state index is 11.8. The molecule has 0 fully saturated rings. The third-order valence-electron chi connectivity index (χ3n) is 6.02. The largest absolute Gasteiger partial charge is 0.383 e. The molecule has 1 aromatic heterocycles. The van der Waals surface area contributed by atoms with Crippen LogP contribution in [-0.4, -0.2) is 9.55 Å². The first-order valence-corrected chi connectivity index (χ1v) is 11.6. The van der Waals surface area contributed by atoms with Crippen LogP contribution < -0.4 is 11.4 Å². The number of hydrogen-bond donors (Lipinski definition) is 1. The molecule has 0 bridgehead atoms. The van der Waals surface area contributed by atoms with E-state index < -0.39 is 0 Å². The van der Waals surface area contributed by atoms with Gasteiger partial charge in [0.1, 0.15) is 5.82 Å². The quantitative estimate of drug-likeness (QED) is 0.382. The van der Waals surface area contributed by atoms with Gasteiger partial charge in [-0.2, -0.15) is 4.98 Å². The van der Waals surface area contributed by atoms with Crippen molar-refractivity contribution in [2.75, 3.05) is 5.73 Å². The molecule has 162 valence electrons. The number of rotatable bonds is 15. The molecule has 0 aliphatic rings. The molecule has 0 aromatic carbocycles. The van der Waals surface area contributed by atoms with E-state index in [4.69, 9.17) is 5.73 Å². The number of aromatic nitrogens is 2. The van der Waals surface area contributed by atoms with Crippen LogP contribution in [0.3, 0.4) is 0 Å². The number of nitrogens with zero attached hydrogens (tertiary/aromatic N) is 2. The second-order valence-corrected chi connectivity index (χ2v) is 9.62. The molecule has 4 heteroatoms. The summed E-state index contributed by atoms with van der Waals surface area (Å²) in [6.45, 7) is 12.5. The van der Waals surface area contributed by atoms with Crippen molar-refractivity contribution in [3.05, 3.63) is 22.7 Å². The fourth-order valence-corrected chi connectivity index (χ4v) is 3.91. The first kappa shape index (κ1) is 24.7. The van der Waals surface area contributed by atoms with Crippen LogP contribution in [0.2, 0.25) is 0 Å². The molecule has 0 aliphatic heterocycles. The summed E-state index contributed by atoms with van der Waals surface area (Å²) in [7, 11) is 0. The van der Waals surface area contributed by atoms with Crippen LogP contribution in [0.25, 0.3) is 0 Å². The Bertz CT molecular complexity index is 581. The highest BCUT2D eigenvalue weighted by atomic mass is 16.1. The van der Waals surface area contributed by atoms with Crippen LogP contribution in [-0.2, 0) is 6.54 Å². The van der Waals surface area contributed by atoms with Gasteiger partial charge < -0.3 is 5.73 Å². The van der Waals surface area contributed by atoms with Gasteiger partial charge in [-0.1, -0.05) is 92.4 Å². The summed E-state index contributed by atoms with van der Waals surface area (Å²) in [4.78, 5) is 15.6. The van der Waals surface area contributed by atoms with Gasteiger partial charge in [-0.3, -0.25) is 4.57 Å². The summed E-state index contributed by atoms with van der Waals surface area (Å²) < 4.78 is 1.66. The van der Waals surface area contributed by atoms with Crippen LogP contribution in [0.5, 0.6) is 0 Å². The van der Waals surface area contributed by atoms with Gasteiger partial charge in [0.25, 0.3) is 0 Å². The zero-order valence-corrected chi connectivity index (χ0v) is 19.1. The van der Waals surface area contributed by atoms with E-state index in [2.05, 4.69) is 39.6 Å². The average molecular weight is 392 g/mol. The summed E-state index contributed by atoms with van der Waals surface area (Å²) in [5.41, 5.74) is 5.30. The zero-order valence-electron chi connectivity index (χ0n) is 19.1. The van der Waals surface area contributed by atoms with Crippen molar-refractivity contribution < 1.29 is 0 Å². The monoisotopic (exact) mass is 391 g/mol. The van der Waals surface area contributed by atoms with E-state index in [0.717, 1.165) is 30.7 Å². The molecule has 1 heterocycles. The maximum atomic E-state index is 11.8. The highest BCUT2D eigenvalue weighted by molar-refractivity contribution is 5.23. The second-order valence-electron chi connectivity index (χ2n) is 9.62. The second kappa shape index (κ2) is 13.8. The Balaban J connectivity index is 2.08. The van der Waals surface area contributed by atoms with E-state index in [0.29, 0.717) is 11.7 Å². The van der Waals surface area contributed by atoms with E-state index >= 15 is 0 Å².